The number of hydrogen-bond acceptors (Lipinski definition) is 4. The van der Waals surface area contributed by atoms with Crippen LogP contribution in [0.15, 0.2) is 33.6 Å². The molecule has 3 nitrogen and oxygen atoms in total. The summed E-state index contributed by atoms with van der Waals surface area (Å²) in [5.74, 6) is 2.25. The zero-order valence-corrected chi connectivity index (χ0v) is 12.8. The van der Waals surface area contributed by atoms with Gasteiger partial charge in [0.05, 0.1) is 5.75 Å². The topological polar surface area (TPSA) is 51.8 Å². The SMILES string of the molecule is Nc1nc(CSc2ccccc2Br)nc2c1CCC2. The molecule has 1 aliphatic carbocycles. The van der Waals surface area contributed by atoms with Gasteiger partial charge in [0.15, 0.2) is 0 Å². The van der Waals surface area contributed by atoms with Gasteiger partial charge in [-0.05, 0) is 47.3 Å². The number of aryl methyl sites for hydroxylation is 1. The van der Waals surface area contributed by atoms with Crippen LogP contribution in [0.1, 0.15) is 23.5 Å². The Hall–Kier alpha value is -1.07. The highest BCUT2D eigenvalue weighted by molar-refractivity contribution is 9.10. The minimum atomic E-state index is 0.672. The Kier molecular flexibility index (Phi) is 3.75. The Morgan fingerprint density at radius 1 is 1.21 bits per heavy atom. The maximum Gasteiger partial charge on any atom is 0.141 e. The molecular formula is C14H14BrN3S. The first kappa shape index (κ1) is 12.9. The number of thioether (sulfide) groups is 1. The highest BCUT2D eigenvalue weighted by Crippen LogP contribution is 2.30. The number of halogens is 1. The minimum absolute atomic E-state index is 0.672. The van der Waals surface area contributed by atoms with Crippen LogP contribution in [0.3, 0.4) is 0 Å². The molecule has 19 heavy (non-hydrogen) atoms. The van der Waals surface area contributed by atoms with Crippen LogP contribution in [0.4, 0.5) is 5.82 Å². The summed E-state index contributed by atoms with van der Waals surface area (Å²) in [5, 5.41) is 0. The summed E-state index contributed by atoms with van der Waals surface area (Å²) >= 11 is 5.27. The number of fused-ring (bicyclic) bond motifs is 1. The summed E-state index contributed by atoms with van der Waals surface area (Å²) in [4.78, 5) is 10.3. The summed E-state index contributed by atoms with van der Waals surface area (Å²) in [7, 11) is 0. The molecule has 1 aliphatic rings. The Labute approximate surface area is 125 Å². The molecule has 2 N–H and O–H groups in total. The van der Waals surface area contributed by atoms with E-state index < -0.39 is 0 Å². The van der Waals surface area contributed by atoms with E-state index in [1.54, 1.807) is 11.8 Å². The normalized spacial score (nSPS) is 13.5. The van der Waals surface area contributed by atoms with Crippen molar-refractivity contribution in [2.45, 2.75) is 29.9 Å². The second-order valence-corrected chi connectivity index (χ2v) is 6.39. The van der Waals surface area contributed by atoms with Crippen LogP contribution in [-0.4, -0.2) is 9.97 Å². The van der Waals surface area contributed by atoms with Gasteiger partial charge in [-0.3, -0.25) is 0 Å². The average molecular weight is 336 g/mol. The second-order valence-electron chi connectivity index (χ2n) is 4.52. The van der Waals surface area contributed by atoms with Crippen molar-refractivity contribution >= 4 is 33.5 Å². The fraction of sp³-hybridized carbons (Fsp3) is 0.286. The maximum absolute atomic E-state index is 6.00. The van der Waals surface area contributed by atoms with E-state index >= 15 is 0 Å². The van der Waals surface area contributed by atoms with Gasteiger partial charge in [0, 0.05) is 20.6 Å². The van der Waals surface area contributed by atoms with E-state index in [0.29, 0.717) is 5.82 Å². The highest BCUT2D eigenvalue weighted by atomic mass is 79.9. The van der Waals surface area contributed by atoms with Crippen LogP contribution in [-0.2, 0) is 18.6 Å². The van der Waals surface area contributed by atoms with Crippen molar-refractivity contribution in [3.8, 4) is 0 Å². The Balaban J connectivity index is 1.78. The summed E-state index contributed by atoms with van der Waals surface area (Å²) in [5.41, 5.74) is 8.31. The lowest BCUT2D eigenvalue weighted by atomic mass is 10.2. The largest absolute Gasteiger partial charge is 0.383 e. The number of benzene rings is 1. The van der Waals surface area contributed by atoms with Crippen LogP contribution in [0, 0.1) is 0 Å². The molecule has 0 spiro atoms. The third-order valence-electron chi connectivity index (χ3n) is 3.20. The highest BCUT2D eigenvalue weighted by Gasteiger charge is 2.17. The molecule has 1 heterocycles. The number of nitrogens with two attached hydrogens (primary N) is 1. The summed E-state index contributed by atoms with van der Waals surface area (Å²) in [6, 6.07) is 8.18. The van der Waals surface area contributed by atoms with Crippen molar-refractivity contribution in [3.63, 3.8) is 0 Å². The van der Waals surface area contributed by atoms with Crippen LogP contribution in [0.2, 0.25) is 0 Å². The number of hydrogen-bond donors (Lipinski definition) is 1. The lowest BCUT2D eigenvalue weighted by Gasteiger charge is -2.07. The number of aromatic nitrogens is 2. The summed E-state index contributed by atoms with van der Waals surface area (Å²) in [6.45, 7) is 0. The fourth-order valence-corrected chi connectivity index (χ4v) is 3.71. The van der Waals surface area contributed by atoms with Crippen molar-refractivity contribution in [1.82, 2.24) is 9.97 Å². The molecule has 0 atom stereocenters. The molecule has 0 aliphatic heterocycles. The quantitative estimate of drug-likeness (QED) is 0.870. The van der Waals surface area contributed by atoms with Gasteiger partial charge < -0.3 is 5.73 Å². The molecule has 0 fully saturated rings. The standard InChI is InChI=1S/C14H14BrN3S/c15-10-5-1-2-7-12(10)19-8-13-17-11-6-3-4-9(11)14(16)18-13/h1-2,5,7H,3-4,6,8H2,(H2,16,17,18). The lowest BCUT2D eigenvalue weighted by Crippen LogP contribution is -2.04. The van der Waals surface area contributed by atoms with Gasteiger partial charge in [-0.15, -0.1) is 11.8 Å². The second kappa shape index (κ2) is 5.51. The van der Waals surface area contributed by atoms with E-state index in [0.717, 1.165) is 46.6 Å². The zero-order valence-electron chi connectivity index (χ0n) is 10.4. The predicted octanol–water partition coefficient (Wildman–Crippen LogP) is 3.60. The smallest absolute Gasteiger partial charge is 0.141 e. The van der Waals surface area contributed by atoms with E-state index in [1.807, 2.05) is 18.2 Å². The predicted molar refractivity (Wildman–Crippen MR) is 82.2 cm³/mol. The van der Waals surface area contributed by atoms with E-state index in [4.69, 9.17) is 5.73 Å². The monoisotopic (exact) mass is 335 g/mol. The lowest BCUT2D eigenvalue weighted by molar-refractivity contribution is 0.893. The van der Waals surface area contributed by atoms with Crippen molar-refractivity contribution in [3.05, 3.63) is 45.8 Å². The molecule has 0 unspecified atom stereocenters. The van der Waals surface area contributed by atoms with Gasteiger partial charge in [0.25, 0.3) is 0 Å². The Morgan fingerprint density at radius 2 is 2.05 bits per heavy atom. The molecule has 0 radical (unpaired) electrons. The average Bonchev–Trinajstić information content (AvgIpc) is 2.87. The Bertz CT molecular complexity index is 616. The molecule has 0 saturated carbocycles. The number of nitrogen functional groups attached to an aromatic ring is 1. The molecule has 5 heteroatoms. The van der Waals surface area contributed by atoms with E-state index in [9.17, 15) is 0 Å². The molecule has 0 bridgehead atoms. The van der Waals surface area contributed by atoms with Crippen molar-refractivity contribution in [1.29, 1.82) is 0 Å². The molecule has 0 amide bonds. The van der Waals surface area contributed by atoms with Crippen molar-refractivity contribution in [2.75, 3.05) is 5.73 Å². The van der Waals surface area contributed by atoms with Gasteiger partial charge in [-0.25, -0.2) is 9.97 Å². The maximum atomic E-state index is 6.00. The third kappa shape index (κ3) is 2.77. The molecule has 2 aromatic rings. The first-order chi connectivity index (χ1) is 9.24. The number of nitrogens with zero attached hydrogens (tertiary/aromatic N) is 2. The Morgan fingerprint density at radius 3 is 2.89 bits per heavy atom. The molecule has 3 rings (SSSR count). The molecule has 1 aromatic heterocycles. The molecule has 1 aromatic carbocycles. The summed E-state index contributed by atoms with van der Waals surface area (Å²) < 4.78 is 1.11. The van der Waals surface area contributed by atoms with Gasteiger partial charge >= 0.3 is 0 Å². The van der Waals surface area contributed by atoms with E-state index in [1.165, 1.54) is 4.90 Å². The van der Waals surface area contributed by atoms with E-state index in [2.05, 4.69) is 32.0 Å². The van der Waals surface area contributed by atoms with Crippen LogP contribution in [0.5, 0.6) is 0 Å². The van der Waals surface area contributed by atoms with Crippen molar-refractivity contribution < 1.29 is 0 Å². The molecule has 98 valence electrons. The van der Waals surface area contributed by atoms with Crippen LogP contribution >= 0.6 is 27.7 Å². The first-order valence-corrected chi connectivity index (χ1v) is 8.03. The number of anilines is 1. The van der Waals surface area contributed by atoms with Crippen molar-refractivity contribution in [2.24, 2.45) is 0 Å². The van der Waals surface area contributed by atoms with Gasteiger partial charge in [0.1, 0.15) is 11.6 Å². The van der Waals surface area contributed by atoms with Gasteiger partial charge in [-0.2, -0.15) is 0 Å². The molecular weight excluding hydrogens is 322 g/mol. The summed E-state index contributed by atoms with van der Waals surface area (Å²) in [6.07, 6.45) is 3.21. The van der Waals surface area contributed by atoms with E-state index in [-0.39, 0.29) is 0 Å². The minimum Gasteiger partial charge on any atom is -0.383 e. The third-order valence-corrected chi connectivity index (χ3v) is 5.23. The fourth-order valence-electron chi connectivity index (χ4n) is 2.28. The first-order valence-electron chi connectivity index (χ1n) is 6.25. The van der Waals surface area contributed by atoms with Gasteiger partial charge in [-0.1, -0.05) is 12.1 Å². The molecule has 0 saturated heterocycles. The number of rotatable bonds is 3. The van der Waals surface area contributed by atoms with Gasteiger partial charge in [0.2, 0.25) is 0 Å². The zero-order chi connectivity index (χ0) is 13.2. The van der Waals surface area contributed by atoms with Crippen LogP contribution in [0.25, 0.3) is 0 Å². The van der Waals surface area contributed by atoms with Crippen LogP contribution < -0.4 is 5.73 Å².